The smallest absolute Gasteiger partial charge is 0.203 e. The fourth-order valence-corrected chi connectivity index (χ4v) is 2.00. The number of aliphatic hydroxyl groups is 2. The first-order valence-electron chi connectivity index (χ1n) is 4.99. The number of aromatic hydroxyl groups is 2. The molecule has 1 aliphatic rings. The van der Waals surface area contributed by atoms with E-state index in [2.05, 4.69) is 0 Å². The zero-order chi connectivity index (χ0) is 12.7. The van der Waals surface area contributed by atoms with Crippen molar-refractivity contribution in [3.63, 3.8) is 0 Å². The molecular weight excluding hydrogens is 228 g/mol. The Morgan fingerprint density at radius 2 is 2.00 bits per heavy atom. The Hall–Kier alpha value is -1.79. The Morgan fingerprint density at radius 3 is 2.59 bits per heavy atom. The van der Waals surface area contributed by atoms with E-state index in [9.17, 15) is 25.2 Å². The maximum atomic E-state index is 11.7. The highest BCUT2D eigenvalue weighted by Gasteiger charge is 2.36. The summed E-state index contributed by atoms with van der Waals surface area (Å²) in [6.45, 7) is 0. The second-order valence-electron chi connectivity index (χ2n) is 3.88. The van der Waals surface area contributed by atoms with E-state index in [4.69, 9.17) is 4.74 Å². The van der Waals surface area contributed by atoms with Gasteiger partial charge >= 0.3 is 0 Å². The lowest BCUT2D eigenvalue weighted by atomic mass is 9.85. The van der Waals surface area contributed by atoms with Gasteiger partial charge in [0.2, 0.25) is 5.75 Å². The lowest BCUT2D eigenvalue weighted by Crippen LogP contribution is -2.29. The quantitative estimate of drug-likeness (QED) is 0.554. The van der Waals surface area contributed by atoms with Gasteiger partial charge in [-0.3, -0.25) is 4.79 Å². The van der Waals surface area contributed by atoms with Crippen LogP contribution < -0.4 is 4.74 Å². The molecule has 0 aliphatic heterocycles. The third-order valence-corrected chi connectivity index (χ3v) is 2.83. The number of phenolic OH excluding ortho intramolecular Hbond substituents is 2. The molecule has 0 spiro atoms. The van der Waals surface area contributed by atoms with Crippen molar-refractivity contribution < 1.29 is 30.0 Å². The number of benzene rings is 1. The molecule has 0 radical (unpaired) electrons. The number of hydrogen-bond donors (Lipinski definition) is 4. The Labute approximate surface area is 96.7 Å². The van der Waals surface area contributed by atoms with E-state index in [1.807, 2.05) is 0 Å². The van der Waals surface area contributed by atoms with Crippen molar-refractivity contribution in [3.8, 4) is 17.2 Å². The van der Waals surface area contributed by atoms with Gasteiger partial charge in [-0.1, -0.05) is 0 Å². The molecule has 92 valence electrons. The summed E-state index contributed by atoms with van der Waals surface area (Å²) in [4.78, 5) is 11.7. The summed E-state index contributed by atoms with van der Waals surface area (Å²) in [5.74, 6) is -1.64. The second-order valence-corrected chi connectivity index (χ2v) is 3.88. The fourth-order valence-electron chi connectivity index (χ4n) is 2.00. The Bertz CT molecular complexity index is 481. The molecular formula is C11H12O6. The van der Waals surface area contributed by atoms with E-state index >= 15 is 0 Å². The SMILES string of the molecule is COc1c(O)cc2c(c1O)C(=O)C[C@H](O)[C@H]2O. The topological polar surface area (TPSA) is 107 Å². The molecule has 1 aromatic rings. The van der Waals surface area contributed by atoms with Gasteiger partial charge in [-0.15, -0.1) is 0 Å². The summed E-state index contributed by atoms with van der Waals surface area (Å²) in [5, 5.41) is 38.5. The highest BCUT2D eigenvalue weighted by atomic mass is 16.5. The minimum atomic E-state index is -1.31. The number of rotatable bonds is 1. The van der Waals surface area contributed by atoms with E-state index in [1.165, 1.54) is 7.11 Å². The monoisotopic (exact) mass is 240 g/mol. The van der Waals surface area contributed by atoms with Gasteiger partial charge in [0.25, 0.3) is 0 Å². The zero-order valence-corrected chi connectivity index (χ0v) is 9.04. The van der Waals surface area contributed by atoms with Gasteiger partial charge in [0.15, 0.2) is 17.3 Å². The predicted octanol–water partition coefficient (Wildman–Crippen LogP) is 0.0871. The van der Waals surface area contributed by atoms with Crippen molar-refractivity contribution in [1.82, 2.24) is 0 Å². The van der Waals surface area contributed by atoms with E-state index in [0.717, 1.165) is 6.07 Å². The van der Waals surface area contributed by atoms with Crippen molar-refractivity contribution in [3.05, 3.63) is 17.2 Å². The number of carbonyl (C=O) groups excluding carboxylic acids is 1. The average molecular weight is 240 g/mol. The number of hydrogen-bond acceptors (Lipinski definition) is 6. The number of Topliss-reactive ketones (excluding diaryl/α,β-unsaturated/α-hetero) is 1. The maximum Gasteiger partial charge on any atom is 0.203 e. The van der Waals surface area contributed by atoms with Gasteiger partial charge in [-0.25, -0.2) is 0 Å². The first kappa shape index (κ1) is 11.7. The van der Waals surface area contributed by atoms with Crippen LogP contribution in [0.2, 0.25) is 0 Å². The molecule has 0 saturated heterocycles. The first-order valence-corrected chi connectivity index (χ1v) is 4.99. The Kier molecular flexibility index (Phi) is 2.68. The van der Waals surface area contributed by atoms with Crippen LogP contribution in [0.4, 0.5) is 0 Å². The predicted molar refractivity (Wildman–Crippen MR) is 56.2 cm³/mol. The van der Waals surface area contributed by atoms with Gasteiger partial charge in [-0.2, -0.15) is 0 Å². The van der Waals surface area contributed by atoms with Gasteiger partial charge in [0, 0.05) is 12.0 Å². The van der Waals surface area contributed by atoms with Crippen molar-refractivity contribution in [2.24, 2.45) is 0 Å². The summed E-state index contributed by atoms with van der Waals surface area (Å²) >= 11 is 0. The number of carbonyl (C=O) groups is 1. The minimum absolute atomic E-state index is 0.00421. The highest BCUT2D eigenvalue weighted by Crippen LogP contribution is 2.45. The Balaban J connectivity index is 2.70. The molecule has 2 atom stereocenters. The molecule has 6 nitrogen and oxygen atoms in total. The highest BCUT2D eigenvalue weighted by molar-refractivity contribution is 6.02. The number of methoxy groups -OCH3 is 1. The molecule has 17 heavy (non-hydrogen) atoms. The van der Waals surface area contributed by atoms with Gasteiger partial charge in [-0.05, 0) is 6.07 Å². The molecule has 0 bridgehead atoms. The van der Waals surface area contributed by atoms with Crippen molar-refractivity contribution in [2.75, 3.05) is 7.11 Å². The average Bonchev–Trinajstić information content (AvgIpc) is 2.25. The number of fused-ring (bicyclic) bond motifs is 1. The Morgan fingerprint density at radius 1 is 1.35 bits per heavy atom. The molecule has 0 heterocycles. The van der Waals surface area contributed by atoms with Crippen LogP contribution in [0, 0.1) is 0 Å². The van der Waals surface area contributed by atoms with Crippen LogP contribution in [-0.2, 0) is 0 Å². The molecule has 1 aliphatic carbocycles. The van der Waals surface area contributed by atoms with E-state index in [1.54, 1.807) is 0 Å². The first-order chi connectivity index (χ1) is 7.97. The van der Waals surface area contributed by atoms with Crippen molar-refractivity contribution in [2.45, 2.75) is 18.6 Å². The third kappa shape index (κ3) is 1.62. The molecule has 6 heteroatoms. The normalized spacial score (nSPS) is 23.4. The molecule has 4 N–H and O–H groups in total. The fraction of sp³-hybridized carbons (Fsp3) is 0.364. The van der Waals surface area contributed by atoms with E-state index < -0.39 is 29.5 Å². The number of aliphatic hydroxyl groups excluding tert-OH is 2. The van der Waals surface area contributed by atoms with Crippen LogP contribution in [-0.4, -0.2) is 39.4 Å². The maximum absolute atomic E-state index is 11.7. The largest absolute Gasteiger partial charge is 0.504 e. The molecule has 1 aromatic carbocycles. The molecule has 0 aromatic heterocycles. The van der Waals surface area contributed by atoms with Crippen LogP contribution in [0.15, 0.2) is 6.07 Å². The van der Waals surface area contributed by atoms with Crippen molar-refractivity contribution in [1.29, 1.82) is 0 Å². The summed E-state index contributed by atoms with van der Waals surface area (Å²) < 4.78 is 4.76. The molecule has 0 fully saturated rings. The summed E-state index contributed by atoms with van der Waals surface area (Å²) in [6, 6.07) is 1.11. The standard InChI is InChI=1S/C11H12O6/c1-17-11-7(14)2-4-8(10(11)16)5(12)3-6(13)9(4)15/h2,6,9,13-16H,3H2,1H3/t6-,9-/m0/s1. The third-order valence-electron chi connectivity index (χ3n) is 2.83. The lowest BCUT2D eigenvalue weighted by molar-refractivity contribution is 0.00825. The van der Waals surface area contributed by atoms with Crippen LogP contribution in [0.5, 0.6) is 17.2 Å². The lowest BCUT2D eigenvalue weighted by Gasteiger charge is -2.26. The summed E-state index contributed by atoms with van der Waals surface area (Å²) in [5.41, 5.74) is -0.109. The number of ketones is 1. The van der Waals surface area contributed by atoms with Crippen molar-refractivity contribution >= 4 is 5.78 Å². The number of ether oxygens (including phenoxy) is 1. The van der Waals surface area contributed by atoms with Crippen LogP contribution >= 0.6 is 0 Å². The van der Waals surface area contributed by atoms with Crippen LogP contribution in [0.25, 0.3) is 0 Å². The van der Waals surface area contributed by atoms with Gasteiger partial charge in [0.05, 0.1) is 18.8 Å². The second kappa shape index (κ2) is 3.90. The zero-order valence-electron chi connectivity index (χ0n) is 9.04. The molecule has 0 saturated carbocycles. The molecule has 0 amide bonds. The molecule has 2 rings (SSSR count). The van der Waals surface area contributed by atoms with Gasteiger partial charge < -0.3 is 25.2 Å². The summed E-state index contributed by atoms with van der Waals surface area (Å²) in [6.07, 6.45) is -2.83. The number of phenols is 2. The van der Waals surface area contributed by atoms with E-state index in [-0.39, 0.29) is 23.3 Å². The molecule has 0 unspecified atom stereocenters. The van der Waals surface area contributed by atoms with Gasteiger partial charge in [0.1, 0.15) is 6.10 Å². The summed E-state index contributed by atoms with van der Waals surface area (Å²) in [7, 11) is 1.24. The van der Waals surface area contributed by atoms with E-state index in [0.29, 0.717) is 0 Å². The van der Waals surface area contributed by atoms with Crippen LogP contribution in [0.1, 0.15) is 28.4 Å². The van der Waals surface area contributed by atoms with Crippen LogP contribution in [0.3, 0.4) is 0 Å². The minimum Gasteiger partial charge on any atom is -0.504 e.